The third kappa shape index (κ3) is 3.58. The van der Waals surface area contributed by atoms with Gasteiger partial charge in [0.05, 0.1) is 10.3 Å². The maximum atomic E-state index is 11.3. The first-order chi connectivity index (χ1) is 9.19. The van der Waals surface area contributed by atoms with E-state index in [0.29, 0.717) is 0 Å². The first kappa shape index (κ1) is 19.2. The van der Waals surface area contributed by atoms with Crippen LogP contribution in [0.2, 0.25) is 0 Å². The Balaban J connectivity index is 0.00000220. The molecule has 0 radical (unpaired) electrons. The summed E-state index contributed by atoms with van der Waals surface area (Å²) < 4.78 is 34.0. The Morgan fingerprint density at radius 2 is 2.00 bits per heavy atom. The summed E-state index contributed by atoms with van der Waals surface area (Å²) in [7, 11) is -4.17. The van der Waals surface area contributed by atoms with Crippen molar-refractivity contribution in [2.24, 2.45) is 0 Å². The number of nitrogens with zero attached hydrogens (tertiary/aromatic N) is 1. The van der Waals surface area contributed by atoms with Crippen molar-refractivity contribution in [1.82, 2.24) is 0 Å². The second-order valence-electron chi connectivity index (χ2n) is 5.59. The van der Waals surface area contributed by atoms with Gasteiger partial charge in [0.1, 0.15) is 0 Å². The minimum absolute atomic E-state index is 0. The fraction of sp³-hybridized carbons (Fsp3) is 0.400. The summed E-state index contributed by atoms with van der Waals surface area (Å²) in [5.74, 6) is 0. The zero-order valence-electron chi connectivity index (χ0n) is 12.0. The summed E-state index contributed by atoms with van der Waals surface area (Å²) >= 11 is 0. The molecule has 0 bridgehead atoms. The average molecular weight is 335 g/mol. The summed E-state index contributed by atoms with van der Waals surface area (Å²) in [5, 5.41) is 0. The predicted molar refractivity (Wildman–Crippen MR) is 86.7 cm³/mol. The Labute approximate surface area is 169 Å². The topological polar surface area (TPSA) is 57.4 Å². The summed E-state index contributed by atoms with van der Waals surface area (Å²) in [6.45, 7) is 10.7. The Kier molecular flexibility index (Phi) is 6.17. The Morgan fingerprint density at radius 1 is 1.38 bits per heavy atom. The standard InChI is InChI=1S/C15H19NO3S.K.H/c1-5-6-9-16-11(2)15(3,4)13-10-12(20(17,18)19)7-8-14(13)16;;/h5,7-8,10H,1,6,9H2,2-4H3;;/p+1. The number of hydrogen-bond donors (Lipinski definition) is 1. The quantitative estimate of drug-likeness (QED) is 0.398. The zero-order chi connectivity index (χ0) is 15.1. The van der Waals surface area contributed by atoms with Crippen LogP contribution >= 0.6 is 0 Å². The van der Waals surface area contributed by atoms with Gasteiger partial charge in [-0.05, 0) is 26.0 Å². The number of benzene rings is 1. The van der Waals surface area contributed by atoms with Gasteiger partial charge in [-0.2, -0.15) is 13.0 Å². The van der Waals surface area contributed by atoms with Crippen molar-refractivity contribution in [2.45, 2.75) is 37.5 Å². The first-order valence-corrected chi connectivity index (χ1v) is 7.98. The van der Waals surface area contributed by atoms with Gasteiger partial charge < -0.3 is 0 Å². The van der Waals surface area contributed by atoms with Crippen LogP contribution in [-0.2, 0) is 15.5 Å². The molecule has 1 aliphatic heterocycles. The molecule has 0 unspecified atom stereocenters. The van der Waals surface area contributed by atoms with Crippen LogP contribution in [0.15, 0.2) is 35.7 Å². The van der Waals surface area contributed by atoms with Gasteiger partial charge in [-0.3, -0.25) is 4.55 Å². The van der Waals surface area contributed by atoms with Gasteiger partial charge in [0.2, 0.25) is 5.69 Å². The SMILES string of the molecule is C=CCC[N+]1=C(C)C(C)(C)c2cc(S(=O)(=O)O)ccc21.[KH]. The zero-order valence-corrected chi connectivity index (χ0v) is 12.9. The van der Waals surface area contributed by atoms with E-state index in [4.69, 9.17) is 0 Å². The van der Waals surface area contributed by atoms with Crippen molar-refractivity contribution in [2.75, 3.05) is 6.54 Å². The summed E-state index contributed by atoms with van der Waals surface area (Å²) in [5.41, 5.74) is 2.84. The fourth-order valence-corrected chi connectivity index (χ4v) is 3.14. The molecule has 4 nitrogen and oxygen atoms in total. The van der Waals surface area contributed by atoms with Crippen LogP contribution in [0, 0.1) is 0 Å². The second-order valence-corrected chi connectivity index (χ2v) is 7.01. The molecule has 6 heteroatoms. The molecular weight excluding hydrogens is 313 g/mol. The van der Waals surface area contributed by atoms with E-state index in [2.05, 4.69) is 31.9 Å². The molecule has 1 aromatic rings. The molecule has 0 fully saturated rings. The molecule has 21 heavy (non-hydrogen) atoms. The van der Waals surface area contributed by atoms with Gasteiger partial charge in [-0.15, -0.1) is 6.58 Å². The first-order valence-electron chi connectivity index (χ1n) is 6.54. The molecule has 1 aromatic carbocycles. The predicted octanol–water partition coefficient (Wildman–Crippen LogP) is 2.26. The van der Waals surface area contributed by atoms with Gasteiger partial charge in [0.15, 0.2) is 12.3 Å². The molecular formula is C15H21KNO3S+. The van der Waals surface area contributed by atoms with Crippen LogP contribution < -0.4 is 0 Å². The third-order valence-corrected chi connectivity index (χ3v) is 4.95. The van der Waals surface area contributed by atoms with E-state index in [1.54, 1.807) is 12.1 Å². The van der Waals surface area contributed by atoms with E-state index in [0.717, 1.165) is 24.2 Å². The molecule has 2 rings (SSSR count). The normalized spacial score (nSPS) is 16.4. The molecule has 0 amide bonds. The summed E-state index contributed by atoms with van der Waals surface area (Å²) in [6, 6.07) is 4.78. The molecule has 0 saturated carbocycles. The summed E-state index contributed by atoms with van der Waals surface area (Å²) in [4.78, 5) is -0.0531. The van der Waals surface area contributed by atoms with Crippen molar-refractivity contribution in [3.05, 3.63) is 36.4 Å². The maximum absolute atomic E-state index is 11.3. The molecule has 0 spiro atoms. The van der Waals surface area contributed by atoms with Crippen LogP contribution in [0.25, 0.3) is 0 Å². The van der Waals surface area contributed by atoms with Gasteiger partial charge in [0, 0.05) is 25.0 Å². The van der Waals surface area contributed by atoms with E-state index in [-0.39, 0.29) is 61.7 Å². The Hall–Kier alpha value is 0.176. The number of hydrogen-bond acceptors (Lipinski definition) is 2. The minimum atomic E-state index is -4.17. The fourth-order valence-electron chi connectivity index (χ4n) is 2.63. The monoisotopic (exact) mass is 334 g/mol. The summed E-state index contributed by atoms with van der Waals surface area (Å²) in [6.07, 6.45) is 2.72. The van der Waals surface area contributed by atoms with E-state index in [1.807, 2.05) is 6.08 Å². The second kappa shape index (κ2) is 6.74. The molecule has 0 saturated heterocycles. The van der Waals surface area contributed by atoms with Crippen LogP contribution in [0.3, 0.4) is 0 Å². The van der Waals surface area contributed by atoms with Gasteiger partial charge in [0.25, 0.3) is 10.1 Å². The number of rotatable bonds is 4. The van der Waals surface area contributed by atoms with Crippen LogP contribution in [0.4, 0.5) is 5.69 Å². The molecule has 1 N–H and O–H groups in total. The molecule has 1 heterocycles. The molecule has 110 valence electrons. The van der Waals surface area contributed by atoms with E-state index >= 15 is 0 Å². The van der Waals surface area contributed by atoms with Crippen molar-refractivity contribution in [3.63, 3.8) is 0 Å². The van der Waals surface area contributed by atoms with Crippen molar-refractivity contribution >= 4 is 72.9 Å². The van der Waals surface area contributed by atoms with Crippen molar-refractivity contribution in [1.29, 1.82) is 0 Å². The molecule has 0 atom stereocenters. The number of fused-ring (bicyclic) bond motifs is 1. The van der Waals surface area contributed by atoms with Crippen molar-refractivity contribution in [3.8, 4) is 0 Å². The Bertz CT molecular complexity index is 706. The van der Waals surface area contributed by atoms with E-state index in [1.165, 1.54) is 11.8 Å². The van der Waals surface area contributed by atoms with Crippen LogP contribution in [0.1, 0.15) is 32.8 Å². The van der Waals surface area contributed by atoms with Crippen LogP contribution in [0.5, 0.6) is 0 Å². The van der Waals surface area contributed by atoms with Gasteiger partial charge >= 0.3 is 51.4 Å². The van der Waals surface area contributed by atoms with E-state index < -0.39 is 10.1 Å². The van der Waals surface area contributed by atoms with Crippen LogP contribution in [-0.4, -0.2) is 81.2 Å². The van der Waals surface area contributed by atoms with E-state index in [9.17, 15) is 13.0 Å². The average Bonchev–Trinajstić information content (AvgIpc) is 2.55. The molecule has 1 aliphatic rings. The van der Waals surface area contributed by atoms with Crippen molar-refractivity contribution < 1.29 is 17.5 Å². The molecule has 0 aromatic heterocycles. The Morgan fingerprint density at radius 3 is 2.52 bits per heavy atom. The molecule has 0 aliphatic carbocycles. The van der Waals surface area contributed by atoms with Gasteiger partial charge in [-0.25, -0.2) is 0 Å². The van der Waals surface area contributed by atoms with Gasteiger partial charge in [-0.1, -0.05) is 6.08 Å². The third-order valence-electron chi connectivity index (χ3n) is 4.10.